The highest BCUT2D eigenvalue weighted by Crippen LogP contribution is 2.57. The molecular weight excluding hydrogens is 328 g/mol. The van der Waals surface area contributed by atoms with Crippen LogP contribution in [0.4, 0.5) is 0 Å². The lowest BCUT2D eigenvalue weighted by Gasteiger charge is -2.38. The lowest BCUT2D eigenvalue weighted by molar-refractivity contribution is 0.0703. The number of ketones is 1. The third-order valence-corrected chi connectivity index (χ3v) is 8.21. The summed E-state index contributed by atoms with van der Waals surface area (Å²) in [5, 5.41) is 2.59. The fourth-order valence-corrected chi connectivity index (χ4v) is 6.71. The standard InChI is InChI=1S/C26H28O/c27-25-24-15-20-8-7-19(18-4-2-1-3-5-18)13-22(20)14-21(24)10-11-26(25)16-17-6-9-23(26)12-17/h6-9,13-15,17-18,23H,1-5,10-12,16H2. The van der Waals surface area contributed by atoms with Gasteiger partial charge in [0.1, 0.15) is 0 Å². The summed E-state index contributed by atoms with van der Waals surface area (Å²) in [6, 6.07) is 11.6. The van der Waals surface area contributed by atoms with Gasteiger partial charge in [0, 0.05) is 11.0 Å². The van der Waals surface area contributed by atoms with Crippen molar-refractivity contribution < 1.29 is 4.79 Å². The molecule has 0 aliphatic heterocycles. The zero-order valence-electron chi connectivity index (χ0n) is 16.0. The number of hydrogen-bond donors (Lipinski definition) is 0. The summed E-state index contributed by atoms with van der Waals surface area (Å²) >= 11 is 0. The number of carbonyl (C=O) groups is 1. The number of carbonyl (C=O) groups excluding carboxylic acids is 1. The number of benzene rings is 2. The molecular formula is C26H28O. The monoisotopic (exact) mass is 356 g/mol. The molecule has 27 heavy (non-hydrogen) atoms. The molecule has 1 heteroatoms. The van der Waals surface area contributed by atoms with Gasteiger partial charge in [0.25, 0.3) is 0 Å². The Morgan fingerprint density at radius 2 is 1.81 bits per heavy atom. The van der Waals surface area contributed by atoms with Crippen molar-refractivity contribution in [1.82, 2.24) is 0 Å². The molecule has 0 aromatic heterocycles. The first-order valence-corrected chi connectivity index (χ1v) is 11.0. The summed E-state index contributed by atoms with van der Waals surface area (Å²) in [5.74, 6) is 2.33. The molecule has 0 saturated heterocycles. The van der Waals surface area contributed by atoms with Crippen LogP contribution >= 0.6 is 0 Å². The van der Waals surface area contributed by atoms with E-state index in [1.165, 1.54) is 60.4 Å². The third kappa shape index (κ3) is 2.33. The zero-order valence-corrected chi connectivity index (χ0v) is 16.0. The molecule has 3 atom stereocenters. The number of aryl methyl sites for hydroxylation is 1. The van der Waals surface area contributed by atoms with Crippen molar-refractivity contribution in [3.8, 4) is 0 Å². The predicted molar refractivity (Wildman–Crippen MR) is 110 cm³/mol. The Balaban J connectivity index is 1.39. The molecule has 2 saturated carbocycles. The molecule has 138 valence electrons. The Bertz CT molecular complexity index is 962. The fraction of sp³-hybridized carbons (Fsp3) is 0.500. The minimum absolute atomic E-state index is 0.0812. The molecule has 2 fully saturated rings. The van der Waals surface area contributed by atoms with Crippen LogP contribution in [0.2, 0.25) is 0 Å². The average Bonchev–Trinajstić information content (AvgIpc) is 3.32. The van der Waals surface area contributed by atoms with E-state index in [0.29, 0.717) is 17.6 Å². The first-order valence-electron chi connectivity index (χ1n) is 11.0. The fourth-order valence-electron chi connectivity index (χ4n) is 6.71. The Morgan fingerprint density at radius 1 is 0.926 bits per heavy atom. The number of allylic oxidation sites excluding steroid dienone is 2. The van der Waals surface area contributed by atoms with Gasteiger partial charge in [0.2, 0.25) is 0 Å². The van der Waals surface area contributed by atoms with E-state index in [9.17, 15) is 4.79 Å². The van der Waals surface area contributed by atoms with Gasteiger partial charge >= 0.3 is 0 Å². The van der Waals surface area contributed by atoms with Gasteiger partial charge in [0.05, 0.1) is 0 Å². The van der Waals surface area contributed by atoms with E-state index >= 15 is 0 Å². The molecule has 0 heterocycles. The van der Waals surface area contributed by atoms with Gasteiger partial charge < -0.3 is 0 Å². The summed E-state index contributed by atoms with van der Waals surface area (Å²) in [5.41, 5.74) is 3.76. The third-order valence-electron chi connectivity index (χ3n) is 8.21. The van der Waals surface area contributed by atoms with E-state index in [2.05, 4.69) is 42.5 Å². The van der Waals surface area contributed by atoms with Crippen LogP contribution in [0.15, 0.2) is 42.5 Å². The Hall–Kier alpha value is -1.89. The van der Waals surface area contributed by atoms with Crippen LogP contribution in [0.5, 0.6) is 0 Å². The second-order valence-electron chi connectivity index (χ2n) is 9.63. The van der Waals surface area contributed by atoms with Crippen molar-refractivity contribution in [3.63, 3.8) is 0 Å². The quantitative estimate of drug-likeness (QED) is 0.526. The first-order chi connectivity index (χ1) is 13.2. The van der Waals surface area contributed by atoms with Crippen molar-refractivity contribution in [3.05, 3.63) is 59.2 Å². The number of rotatable bonds is 1. The van der Waals surface area contributed by atoms with E-state index < -0.39 is 0 Å². The SMILES string of the molecule is O=C1c2cc3ccc(C4CCCCC4)cc3cc2CCC12CC1C=CC2C1. The Morgan fingerprint density at radius 3 is 2.59 bits per heavy atom. The van der Waals surface area contributed by atoms with Crippen LogP contribution in [0.1, 0.15) is 78.8 Å². The van der Waals surface area contributed by atoms with Crippen LogP contribution in [0.3, 0.4) is 0 Å². The largest absolute Gasteiger partial charge is 0.294 e. The van der Waals surface area contributed by atoms with Crippen molar-refractivity contribution in [1.29, 1.82) is 0 Å². The lowest BCUT2D eigenvalue weighted by atomic mass is 9.63. The van der Waals surface area contributed by atoms with Crippen molar-refractivity contribution in [2.75, 3.05) is 0 Å². The summed E-state index contributed by atoms with van der Waals surface area (Å²) < 4.78 is 0. The number of hydrogen-bond acceptors (Lipinski definition) is 1. The maximum Gasteiger partial charge on any atom is 0.169 e. The Kier molecular flexibility index (Phi) is 3.46. The van der Waals surface area contributed by atoms with Crippen LogP contribution in [0.25, 0.3) is 10.8 Å². The topological polar surface area (TPSA) is 17.1 Å². The second kappa shape index (κ2) is 5.80. The molecule has 0 N–H and O–H groups in total. The molecule has 2 aromatic rings. The first kappa shape index (κ1) is 16.1. The maximum absolute atomic E-state index is 13.6. The van der Waals surface area contributed by atoms with Crippen molar-refractivity contribution in [2.45, 2.75) is 63.7 Å². The molecule has 3 unspecified atom stereocenters. The predicted octanol–water partition coefficient (Wildman–Crippen LogP) is 6.60. The molecule has 0 radical (unpaired) electrons. The summed E-state index contributed by atoms with van der Waals surface area (Å²) in [7, 11) is 0. The van der Waals surface area contributed by atoms with Crippen molar-refractivity contribution in [2.24, 2.45) is 17.3 Å². The molecule has 1 nitrogen and oxygen atoms in total. The van der Waals surface area contributed by atoms with Gasteiger partial charge in [-0.15, -0.1) is 0 Å². The highest BCUT2D eigenvalue weighted by atomic mass is 16.1. The lowest BCUT2D eigenvalue weighted by Crippen LogP contribution is -2.39. The summed E-state index contributed by atoms with van der Waals surface area (Å²) in [6.07, 6.45) is 15.9. The van der Waals surface area contributed by atoms with Crippen molar-refractivity contribution >= 4 is 16.6 Å². The van der Waals surface area contributed by atoms with Gasteiger partial charge in [-0.25, -0.2) is 0 Å². The van der Waals surface area contributed by atoms with Crippen LogP contribution in [0, 0.1) is 17.3 Å². The molecule has 4 aliphatic rings. The molecule has 2 bridgehead atoms. The van der Waals surface area contributed by atoms with E-state index in [0.717, 1.165) is 30.7 Å². The van der Waals surface area contributed by atoms with Crippen LogP contribution in [-0.2, 0) is 6.42 Å². The highest BCUT2D eigenvalue weighted by Gasteiger charge is 2.54. The minimum Gasteiger partial charge on any atom is -0.294 e. The molecule has 6 rings (SSSR count). The molecule has 1 spiro atoms. The van der Waals surface area contributed by atoms with Gasteiger partial charge in [-0.3, -0.25) is 4.79 Å². The van der Waals surface area contributed by atoms with Crippen LogP contribution in [-0.4, -0.2) is 5.78 Å². The normalized spacial score (nSPS) is 32.5. The molecule has 2 aromatic carbocycles. The van der Waals surface area contributed by atoms with Gasteiger partial charge in [-0.2, -0.15) is 0 Å². The summed E-state index contributed by atoms with van der Waals surface area (Å²) in [6.45, 7) is 0. The van der Waals surface area contributed by atoms with Gasteiger partial charge in [0.15, 0.2) is 5.78 Å². The Labute approximate surface area is 161 Å². The number of Topliss-reactive ketones (excluding diaryl/α,β-unsaturated/α-hetero) is 1. The van der Waals surface area contributed by atoms with E-state index in [4.69, 9.17) is 0 Å². The number of fused-ring (bicyclic) bond motifs is 5. The van der Waals surface area contributed by atoms with E-state index in [1.807, 2.05) is 0 Å². The van der Waals surface area contributed by atoms with Crippen LogP contribution < -0.4 is 0 Å². The maximum atomic E-state index is 13.6. The van der Waals surface area contributed by atoms with Gasteiger partial charge in [-0.05, 0) is 84.2 Å². The van der Waals surface area contributed by atoms with E-state index in [1.54, 1.807) is 0 Å². The summed E-state index contributed by atoms with van der Waals surface area (Å²) in [4.78, 5) is 13.6. The minimum atomic E-state index is -0.0812. The van der Waals surface area contributed by atoms with Gasteiger partial charge in [-0.1, -0.05) is 55.7 Å². The molecule has 0 amide bonds. The average molecular weight is 357 g/mol. The highest BCUT2D eigenvalue weighted by molar-refractivity contribution is 6.06. The molecule has 4 aliphatic carbocycles. The smallest absolute Gasteiger partial charge is 0.169 e. The van der Waals surface area contributed by atoms with E-state index in [-0.39, 0.29) is 5.41 Å². The second-order valence-corrected chi connectivity index (χ2v) is 9.63. The zero-order chi connectivity index (χ0) is 18.0.